The van der Waals surface area contributed by atoms with Crippen molar-refractivity contribution in [3.05, 3.63) is 47.5 Å². The van der Waals surface area contributed by atoms with E-state index in [9.17, 15) is 0 Å². The van der Waals surface area contributed by atoms with Gasteiger partial charge >= 0.3 is 6.01 Å². The van der Waals surface area contributed by atoms with Crippen molar-refractivity contribution in [3.8, 4) is 6.01 Å². The Labute approximate surface area is 128 Å². The quantitative estimate of drug-likeness (QED) is 0.803. The van der Waals surface area contributed by atoms with Crippen LogP contribution in [0.5, 0.6) is 6.01 Å². The average molecular weight is 292 g/mol. The van der Waals surface area contributed by atoms with Gasteiger partial charge in [-0.15, -0.1) is 0 Å². The number of nitrogens with zero attached hydrogens (tertiary/aromatic N) is 3. The van der Waals surface area contributed by atoms with Crippen LogP contribution >= 0.6 is 0 Å². The number of hydrogen-bond donors (Lipinski definition) is 1. The summed E-state index contributed by atoms with van der Waals surface area (Å²) in [5.41, 5.74) is 5.71. The Balaban J connectivity index is 1.80. The number of nitrogens with one attached hydrogen (secondary N) is 1. The molecule has 1 unspecified atom stereocenters. The first kappa shape index (κ1) is 13.0. The fourth-order valence-electron chi connectivity index (χ4n) is 3.03. The number of fused-ring (bicyclic) bond motifs is 2. The standard InChI is InChI=1S/C17H16N4O/c1-3-22-17-20-9-15-14(8-19-16(15)21-17)13-6-11-7-18-5-4-12(11)10(13)2/h4-10H,3H2,1-2H3,(H,19,20,21). The van der Waals surface area contributed by atoms with Crippen LogP contribution in [-0.2, 0) is 0 Å². The van der Waals surface area contributed by atoms with Crippen molar-refractivity contribution in [3.63, 3.8) is 0 Å². The molecule has 3 aromatic rings. The lowest BCUT2D eigenvalue weighted by molar-refractivity contribution is 0.314. The first-order valence-electron chi connectivity index (χ1n) is 7.40. The van der Waals surface area contributed by atoms with E-state index in [2.05, 4.69) is 39.0 Å². The number of ether oxygens (including phenoxy) is 1. The maximum atomic E-state index is 5.36. The normalized spacial score (nSPS) is 16.6. The van der Waals surface area contributed by atoms with Gasteiger partial charge in [0.25, 0.3) is 0 Å². The summed E-state index contributed by atoms with van der Waals surface area (Å²) < 4.78 is 5.36. The van der Waals surface area contributed by atoms with Crippen molar-refractivity contribution in [2.75, 3.05) is 6.61 Å². The molecule has 22 heavy (non-hydrogen) atoms. The number of H-pyrrole nitrogens is 1. The topological polar surface area (TPSA) is 63.7 Å². The zero-order chi connectivity index (χ0) is 15.1. The number of aromatic nitrogens is 4. The van der Waals surface area contributed by atoms with E-state index in [1.807, 2.05) is 31.7 Å². The highest BCUT2D eigenvalue weighted by molar-refractivity contribution is 6.00. The van der Waals surface area contributed by atoms with Crippen molar-refractivity contribution in [1.82, 2.24) is 19.9 Å². The molecule has 0 fully saturated rings. The highest BCUT2D eigenvalue weighted by atomic mass is 16.5. The fraction of sp³-hybridized carbons (Fsp3) is 0.235. The molecule has 5 nitrogen and oxygen atoms in total. The van der Waals surface area contributed by atoms with E-state index in [-0.39, 0.29) is 0 Å². The molecule has 110 valence electrons. The van der Waals surface area contributed by atoms with Gasteiger partial charge in [0.1, 0.15) is 5.65 Å². The van der Waals surface area contributed by atoms with Gasteiger partial charge in [-0.25, -0.2) is 4.98 Å². The minimum absolute atomic E-state index is 0.337. The summed E-state index contributed by atoms with van der Waals surface area (Å²) in [6, 6.07) is 2.49. The van der Waals surface area contributed by atoms with Crippen LogP contribution in [0.3, 0.4) is 0 Å². The zero-order valence-electron chi connectivity index (χ0n) is 12.5. The molecule has 0 saturated carbocycles. The third kappa shape index (κ3) is 1.89. The van der Waals surface area contributed by atoms with Gasteiger partial charge in [0, 0.05) is 41.7 Å². The largest absolute Gasteiger partial charge is 0.464 e. The number of rotatable bonds is 3. The molecule has 4 rings (SSSR count). The van der Waals surface area contributed by atoms with E-state index in [1.165, 1.54) is 16.7 Å². The minimum Gasteiger partial charge on any atom is -0.464 e. The fourth-order valence-corrected chi connectivity index (χ4v) is 3.03. The maximum Gasteiger partial charge on any atom is 0.318 e. The molecule has 5 heteroatoms. The van der Waals surface area contributed by atoms with Crippen LogP contribution in [0.25, 0.3) is 22.7 Å². The molecule has 0 aliphatic heterocycles. The molecule has 0 radical (unpaired) electrons. The molecular formula is C17H16N4O. The number of allylic oxidation sites excluding steroid dienone is 1. The molecular weight excluding hydrogens is 276 g/mol. The molecule has 0 bridgehead atoms. The lowest BCUT2D eigenvalue weighted by Gasteiger charge is -2.10. The van der Waals surface area contributed by atoms with Gasteiger partial charge < -0.3 is 9.72 Å². The van der Waals surface area contributed by atoms with Gasteiger partial charge in [-0.2, -0.15) is 4.98 Å². The van der Waals surface area contributed by atoms with Gasteiger partial charge in [-0.3, -0.25) is 4.98 Å². The second kappa shape index (κ2) is 4.94. The van der Waals surface area contributed by atoms with Crippen LogP contribution in [0.1, 0.15) is 36.5 Å². The number of aromatic amines is 1. The van der Waals surface area contributed by atoms with Gasteiger partial charge in [-0.1, -0.05) is 6.92 Å². The van der Waals surface area contributed by atoms with E-state index in [0.29, 0.717) is 18.5 Å². The first-order valence-corrected chi connectivity index (χ1v) is 7.40. The van der Waals surface area contributed by atoms with Crippen LogP contribution in [0.2, 0.25) is 0 Å². The van der Waals surface area contributed by atoms with Crippen molar-refractivity contribution in [2.45, 2.75) is 19.8 Å². The van der Waals surface area contributed by atoms with Gasteiger partial charge in [0.2, 0.25) is 0 Å². The van der Waals surface area contributed by atoms with Gasteiger partial charge in [0.05, 0.1) is 6.61 Å². The van der Waals surface area contributed by atoms with E-state index in [0.717, 1.165) is 16.6 Å². The summed E-state index contributed by atoms with van der Waals surface area (Å²) in [4.78, 5) is 16.1. The third-order valence-corrected chi connectivity index (χ3v) is 4.13. The van der Waals surface area contributed by atoms with E-state index in [4.69, 9.17) is 4.74 Å². The molecule has 0 aromatic carbocycles. The van der Waals surface area contributed by atoms with E-state index < -0.39 is 0 Å². The van der Waals surface area contributed by atoms with Crippen molar-refractivity contribution < 1.29 is 4.74 Å². The molecule has 1 N–H and O–H groups in total. The second-order valence-electron chi connectivity index (χ2n) is 5.38. The Morgan fingerprint density at radius 2 is 2.23 bits per heavy atom. The van der Waals surface area contributed by atoms with Crippen LogP contribution < -0.4 is 4.74 Å². The van der Waals surface area contributed by atoms with Gasteiger partial charge in [-0.05, 0) is 35.8 Å². The summed E-state index contributed by atoms with van der Waals surface area (Å²) in [5, 5.41) is 1.02. The summed E-state index contributed by atoms with van der Waals surface area (Å²) in [6.07, 6.45) is 9.78. The minimum atomic E-state index is 0.337. The van der Waals surface area contributed by atoms with Crippen molar-refractivity contribution >= 4 is 22.7 Å². The SMILES string of the molecule is CCOc1ncc2c(C3=Cc4cnccc4C3C)c[nH]c2n1. The Hall–Kier alpha value is -2.69. The first-order chi connectivity index (χ1) is 10.8. The van der Waals surface area contributed by atoms with Crippen LogP contribution in [-0.4, -0.2) is 26.5 Å². The molecule has 1 atom stereocenters. The predicted molar refractivity (Wildman–Crippen MR) is 85.6 cm³/mol. The van der Waals surface area contributed by atoms with Crippen LogP contribution in [0, 0.1) is 0 Å². The summed E-state index contributed by atoms with van der Waals surface area (Å²) in [7, 11) is 0. The predicted octanol–water partition coefficient (Wildman–Crippen LogP) is 3.41. The summed E-state index contributed by atoms with van der Waals surface area (Å²) in [6.45, 7) is 4.69. The lowest BCUT2D eigenvalue weighted by atomic mass is 9.94. The zero-order valence-corrected chi connectivity index (χ0v) is 12.5. The highest BCUT2D eigenvalue weighted by Crippen LogP contribution is 2.42. The number of pyridine rings is 1. The van der Waals surface area contributed by atoms with E-state index in [1.54, 1.807) is 0 Å². The monoisotopic (exact) mass is 292 g/mol. The molecule has 0 saturated heterocycles. The van der Waals surface area contributed by atoms with Crippen molar-refractivity contribution in [1.29, 1.82) is 0 Å². The molecule has 3 aromatic heterocycles. The smallest absolute Gasteiger partial charge is 0.318 e. The lowest BCUT2D eigenvalue weighted by Crippen LogP contribution is -1.97. The second-order valence-corrected chi connectivity index (χ2v) is 5.38. The Morgan fingerprint density at radius 3 is 3.05 bits per heavy atom. The van der Waals surface area contributed by atoms with Crippen molar-refractivity contribution in [2.24, 2.45) is 0 Å². The third-order valence-electron chi connectivity index (χ3n) is 4.13. The van der Waals surface area contributed by atoms with Crippen LogP contribution in [0.4, 0.5) is 0 Å². The molecule has 0 amide bonds. The van der Waals surface area contributed by atoms with Gasteiger partial charge in [0.15, 0.2) is 0 Å². The highest BCUT2D eigenvalue weighted by Gasteiger charge is 2.24. The Morgan fingerprint density at radius 1 is 1.32 bits per heavy atom. The molecule has 1 aliphatic carbocycles. The average Bonchev–Trinajstić information content (AvgIpc) is 3.09. The Kier molecular flexibility index (Phi) is 2.92. The number of hydrogen-bond acceptors (Lipinski definition) is 4. The maximum absolute atomic E-state index is 5.36. The molecule has 1 aliphatic rings. The molecule has 0 spiro atoms. The molecule has 3 heterocycles. The van der Waals surface area contributed by atoms with Crippen LogP contribution in [0.15, 0.2) is 30.9 Å². The van der Waals surface area contributed by atoms with E-state index >= 15 is 0 Å². The summed E-state index contributed by atoms with van der Waals surface area (Å²) in [5.74, 6) is 0.337. The summed E-state index contributed by atoms with van der Waals surface area (Å²) >= 11 is 0. The Bertz CT molecular complexity index is 881.